The van der Waals surface area contributed by atoms with Gasteiger partial charge in [-0.3, -0.25) is 4.79 Å². The van der Waals surface area contributed by atoms with Crippen molar-refractivity contribution in [1.82, 2.24) is 5.32 Å². The fourth-order valence-electron chi connectivity index (χ4n) is 1.08. The van der Waals surface area contributed by atoms with Crippen LogP contribution < -0.4 is 5.32 Å². The summed E-state index contributed by atoms with van der Waals surface area (Å²) in [6, 6.07) is 5.02. The quantitative estimate of drug-likeness (QED) is 0.697. The van der Waals surface area contributed by atoms with Crippen LogP contribution in [0.2, 0.25) is 10.0 Å². The Morgan fingerprint density at radius 3 is 2.83 bits per heavy atom. The second-order valence-corrected chi connectivity index (χ2v) is 5.36. The first-order chi connectivity index (χ1) is 8.52. The normalized spacial score (nSPS) is 12.2. The summed E-state index contributed by atoms with van der Waals surface area (Å²) in [6.07, 6.45) is -0.936. The first-order valence-corrected chi connectivity index (χ1v) is 6.90. The number of aliphatic hydroxyl groups excluding tert-OH is 2. The van der Waals surface area contributed by atoms with Gasteiger partial charge in [0.15, 0.2) is 0 Å². The summed E-state index contributed by atoms with van der Waals surface area (Å²) in [5.41, 5.74) is 0. The van der Waals surface area contributed by atoms with E-state index >= 15 is 0 Å². The Hall–Kier alpha value is -0.460. The molecular weight excluding hydrogens is 297 g/mol. The summed E-state index contributed by atoms with van der Waals surface area (Å²) >= 11 is 13.0. The summed E-state index contributed by atoms with van der Waals surface area (Å²) in [4.78, 5) is 12.2. The van der Waals surface area contributed by atoms with Crippen LogP contribution in [0.5, 0.6) is 0 Å². The van der Waals surface area contributed by atoms with E-state index in [9.17, 15) is 4.79 Å². The SMILES string of the molecule is O=C(CSc1cc(Cl)ccc1Cl)NCC(O)CO. The summed E-state index contributed by atoms with van der Waals surface area (Å²) in [5.74, 6) is -0.0818. The molecule has 3 N–H and O–H groups in total. The summed E-state index contributed by atoms with van der Waals surface area (Å²) < 4.78 is 0. The number of rotatable bonds is 6. The van der Waals surface area contributed by atoms with Crippen LogP contribution in [-0.2, 0) is 4.79 Å². The van der Waals surface area contributed by atoms with Gasteiger partial charge in [0, 0.05) is 16.5 Å². The van der Waals surface area contributed by atoms with Gasteiger partial charge in [-0.15, -0.1) is 11.8 Å². The molecule has 0 aliphatic heterocycles. The predicted octanol–water partition coefficient (Wildman–Crippen LogP) is 1.55. The number of halogens is 2. The Balaban J connectivity index is 2.40. The molecule has 100 valence electrons. The van der Waals surface area contributed by atoms with Crippen molar-refractivity contribution in [1.29, 1.82) is 0 Å². The van der Waals surface area contributed by atoms with E-state index in [0.29, 0.717) is 10.0 Å². The second-order valence-electron chi connectivity index (χ2n) is 3.50. The van der Waals surface area contributed by atoms with E-state index in [4.69, 9.17) is 33.4 Å². The average molecular weight is 310 g/mol. The zero-order chi connectivity index (χ0) is 13.5. The smallest absolute Gasteiger partial charge is 0.230 e. The van der Waals surface area contributed by atoms with Gasteiger partial charge in [0.1, 0.15) is 0 Å². The minimum atomic E-state index is -0.936. The van der Waals surface area contributed by atoms with Crippen LogP contribution in [0.15, 0.2) is 23.1 Å². The van der Waals surface area contributed by atoms with E-state index in [-0.39, 0.29) is 24.8 Å². The molecule has 1 aromatic rings. The Labute approximate surface area is 119 Å². The number of carbonyl (C=O) groups is 1. The Kier molecular flexibility index (Phi) is 6.81. The van der Waals surface area contributed by atoms with Gasteiger partial charge < -0.3 is 15.5 Å². The second kappa shape index (κ2) is 7.86. The fraction of sp³-hybridized carbons (Fsp3) is 0.364. The van der Waals surface area contributed by atoms with Crippen molar-refractivity contribution in [3.63, 3.8) is 0 Å². The maximum Gasteiger partial charge on any atom is 0.230 e. The van der Waals surface area contributed by atoms with Crippen LogP contribution in [-0.4, -0.2) is 41.1 Å². The van der Waals surface area contributed by atoms with Crippen molar-refractivity contribution in [3.05, 3.63) is 28.2 Å². The lowest BCUT2D eigenvalue weighted by Gasteiger charge is -2.09. The predicted molar refractivity (Wildman–Crippen MR) is 73.3 cm³/mol. The Morgan fingerprint density at radius 2 is 2.17 bits per heavy atom. The van der Waals surface area contributed by atoms with Gasteiger partial charge in [0.2, 0.25) is 5.91 Å². The molecule has 18 heavy (non-hydrogen) atoms. The van der Waals surface area contributed by atoms with Gasteiger partial charge in [0.05, 0.1) is 23.5 Å². The first kappa shape index (κ1) is 15.6. The molecule has 1 unspecified atom stereocenters. The molecule has 0 bridgehead atoms. The molecule has 0 saturated carbocycles. The van der Waals surface area contributed by atoms with Crippen molar-refractivity contribution in [2.24, 2.45) is 0 Å². The third-order valence-corrected chi connectivity index (χ3v) is 3.73. The van der Waals surface area contributed by atoms with Crippen LogP contribution in [0.3, 0.4) is 0 Å². The van der Waals surface area contributed by atoms with Gasteiger partial charge in [-0.25, -0.2) is 0 Å². The third-order valence-electron chi connectivity index (χ3n) is 2.00. The van der Waals surface area contributed by atoms with Crippen LogP contribution in [0.25, 0.3) is 0 Å². The summed E-state index contributed by atoms with van der Waals surface area (Å²) in [6.45, 7) is -0.354. The van der Waals surface area contributed by atoms with Gasteiger partial charge >= 0.3 is 0 Å². The molecule has 4 nitrogen and oxygen atoms in total. The lowest BCUT2D eigenvalue weighted by atomic mass is 10.4. The van der Waals surface area contributed by atoms with Crippen LogP contribution in [0.4, 0.5) is 0 Å². The Morgan fingerprint density at radius 1 is 1.44 bits per heavy atom. The summed E-state index contributed by atoms with van der Waals surface area (Å²) in [7, 11) is 0. The highest BCUT2D eigenvalue weighted by Crippen LogP contribution is 2.29. The number of nitrogens with one attached hydrogen (secondary N) is 1. The minimum Gasteiger partial charge on any atom is -0.394 e. The molecule has 0 aliphatic carbocycles. The van der Waals surface area contributed by atoms with Gasteiger partial charge in [0.25, 0.3) is 0 Å². The van der Waals surface area contributed by atoms with Crippen molar-refractivity contribution in [2.45, 2.75) is 11.0 Å². The fourth-order valence-corrected chi connectivity index (χ4v) is 2.40. The molecule has 0 spiro atoms. The largest absolute Gasteiger partial charge is 0.394 e. The highest BCUT2D eigenvalue weighted by molar-refractivity contribution is 8.00. The molecule has 1 rings (SSSR count). The molecule has 1 amide bonds. The van der Waals surface area contributed by atoms with Gasteiger partial charge in [-0.2, -0.15) is 0 Å². The summed E-state index contributed by atoms with van der Waals surface area (Å²) in [5, 5.41) is 21.2. The number of hydrogen-bond donors (Lipinski definition) is 3. The zero-order valence-electron chi connectivity index (χ0n) is 9.40. The standard InChI is InChI=1S/C11H13Cl2NO3S/c12-7-1-2-9(13)10(3-7)18-6-11(17)14-4-8(16)5-15/h1-3,8,15-16H,4-6H2,(H,14,17). The van der Waals surface area contributed by atoms with E-state index < -0.39 is 6.10 Å². The number of carbonyl (C=O) groups excluding carboxylic acids is 1. The van der Waals surface area contributed by atoms with E-state index in [1.165, 1.54) is 11.8 Å². The van der Waals surface area contributed by atoms with Gasteiger partial charge in [-0.05, 0) is 18.2 Å². The molecule has 7 heteroatoms. The minimum absolute atomic E-state index is 0.0270. The molecule has 1 aromatic carbocycles. The van der Waals surface area contributed by atoms with Crippen LogP contribution >= 0.6 is 35.0 Å². The number of amides is 1. The highest BCUT2D eigenvalue weighted by Gasteiger charge is 2.08. The average Bonchev–Trinajstić information content (AvgIpc) is 2.36. The number of thioether (sulfide) groups is 1. The molecule has 0 radical (unpaired) electrons. The molecule has 0 fully saturated rings. The topological polar surface area (TPSA) is 69.6 Å². The van der Waals surface area contributed by atoms with Crippen molar-refractivity contribution >= 4 is 40.9 Å². The van der Waals surface area contributed by atoms with E-state index in [1.807, 2.05) is 0 Å². The van der Waals surface area contributed by atoms with Gasteiger partial charge in [-0.1, -0.05) is 23.2 Å². The maximum absolute atomic E-state index is 11.4. The van der Waals surface area contributed by atoms with Crippen molar-refractivity contribution < 1.29 is 15.0 Å². The number of aliphatic hydroxyl groups is 2. The molecule has 0 aliphatic rings. The van der Waals surface area contributed by atoms with E-state index in [0.717, 1.165) is 4.90 Å². The molecule has 1 atom stereocenters. The number of benzene rings is 1. The number of hydrogen-bond acceptors (Lipinski definition) is 4. The monoisotopic (exact) mass is 309 g/mol. The molecule has 0 aromatic heterocycles. The third kappa shape index (κ3) is 5.46. The van der Waals surface area contributed by atoms with Crippen molar-refractivity contribution in [3.8, 4) is 0 Å². The lowest BCUT2D eigenvalue weighted by Crippen LogP contribution is -2.34. The first-order valence-electron chi connectivity index (χ1n) is 5.16. The maximum atomic E-state index is 11.4. The van der Waals surface area contributed by atoms with E-state index in [2.05, 4.69) is 5.32 Å². The van der Waals surface area contributed by atoms with E-state index in [1.54, 1.807) is 18.2 Å². The molecule has 0 heterocycles. The lowest BCUT2D eigenvalue weighted by molar-refractivity contribution is -0.119. The molecular formula is C11H13Cl2NO3S. The molecule has 0 saturated heterocycles. The van der Waals surface area contributed by atoms with Crippen LogP contribution in [0.1, 0.15) is 0 Å². The highest BCUT2D eigenvalue weighted by atomic mass is 35.5. The van der Waals surface area contributed by atoms with Crippen molar-refractivity contribution in [2.75, 3.05) is 18.9 Å². The Bertz CT molecular complexity index is 417. The zero-order valence-corrected chi connectivity index (χ0v) is 11.7. The van der Waals surface area contributed by atoms with Crippen LogP contribution in [0, 0.1) is 0 Å².